The number of carbonyl (C=O) groups is 1. The van der Waals surface area contributed by atoms with Crippen LogP contribution in [0.1, 0.15) is 119 Å². The summed E-state index contributed by atoms with van der Waals surface area (Å²) in [6.07, 6.45) is 17.4. The molecule has 0 heterocycles. The van der Waals surface area contributed by atoms with Crippen LogP contribution in [-0.4, -0.2) is 6.29 Å². The summed E-state index contributed by atoms with van der Waals surface area (Å²) >= 11 is 0. The molecule has 3 rings (SSSR count). The minimum atomic E-state index is 0.418. The molecule has 1 heteroatoms. The van der Waals surface area contributed by atoms with Gasteiger partial charge in [-0.05, 0) is 85.4 Å². The average Bonchev–Trinajstić information content (AvgIpc) is 3.01. The maximum Gasteiger partial charge on any atom is 0.120 e. The van der Waals surface area contributed by atoms with E-state index in [4.69, 9.17) is 0 Å². The normalized spacial score (nSPS) is 44.1. The molecule has 0 aromatic rings. The summed E-state index contributed by atoms with van der Waals surface area (Å²) in [6.45, 7) is 14.1. The summed E-state index contributed by atoms with van der Waals surface area (Å²) in [5.41, 5.74) is 1.03. The number of rotatable bonds is 6. The van der Waals surface area contributed by atoms with E-state index in [2.05, 4.69) is 27.7 Å². The van der Waals surface area contributed by atoms with Crippen LogP contribution in [-0.2, 0) is 4.79 Å². The minimum absolute atomic E-state index is 0.418. The van der Waals surface area contributed by atoms with Crippen molar-refractivity contribution in [2.45, 2.75) is 119 Å². The quantitative estimate of drug-likeness (QED) is 0.428. The molecule has 0 bridgehead atoms. The molecule has 158 valence electrons. The molecule has 0 aromatic heterocycles. The van der Waals surface area contributed by atoms with Crippen LogP contribution in [0.25, 0.3) is 0 Å². The molecule has 27 heavy (non-hydrogen) atoms. The van der Waals surface area contributed by atoms with Gasteiger partial charge in [-0.1, -0.05) is 67.2 Å². The predicted octanol–water partition coefficient (Wildman–Crippen LogP) is 8.07. The van der Waals surface area contributed by atoms with Crippen molar-refractivity contribution >= 4 is 6.29 Å². The Bertz CT molecular complexity index is 457. The fraction of sp³-hybridized carbons (Fsp3) is 0.962. The van der Waals surface area contributed by atoms with Crippen molar-refractivity contribution < 1.29 is 4.79 Å². The van der Waals surface area contributed by atoms with E-state index in [0.29, 0.717) is 16.7 Å². The number of hydrogen-bond donors (Lipinski definition) is 0. The summed E-state index contributed by atoms with van der Waals surface area (Å²) in [4.78, 5) is 11.3. The van der Waals surface area contributed by atoms with Gasteiger partial charge in [0.1, 0.15) is 6.29 Å². The molecule has 7 unspecified atom stereocenters. The van der Waals surface area contributed by atoms with E-state index in [1.165, 1.54) is 76.9 Å². The molecule has 0 saturated heterocycles. The van der Waals surface area contributed by atoms with E-state index in [-0.39, 0.29) is 0 Å². The lowest BCUT2D eigenvalue weighted by Gasteiger charge is -2.56. The zero-order valence-corrected chi connectivity index (χ0v) is 19.4. The van der Waals surface area contributed by atoms with Gasteiger partial charge in [-0.2, -0.15) is 0 Å². The van der Waals surface area contributed by atoms with Gasteiger partial charge in [-0.25, -0.2) is 0 Å². The fourth-order valence-corrected chi connectivity index (χ4v) is 7.88. The Morgan fingerprint density at radius 3 is 2.22 bits per heavy atom. The van der Waals surface area contributed by atoms with Crippen LogP contribution < -0.4 is 0 Å². The Labute approximate surface area is 170 Å². The molecule has 0 amide bonds. The summed E-state index contributed by atoms with van der Waals surface area (Å²) < 4.78 is 0. The zero-order valence-electron chi connectivity index (χ0n) is 19.4. The van der Waals surface area contributed by atoms with E-state index in [1.807, 2.05) is 13.8 Å². The highest BCUT2D eigenvalue weighted by Crippen LogP contribution is 2.64. The SMILES string of the molecule is CC.CCCCC1CCC2C(C)C(C3(C)CCCCC3CC=O)CCC12C. The Morgan fingerprint density at radius 2 is 1.56 bits per heavy atom. The Morgan fingerprint density at radius 1 is 0.889 bits per heavy atom. The van der Waals surface area contributed by atoms with E-state index in [1.54, 1.807) is 0 Å². The molecule has 0 aliphatic heterocycles. The standard InChI is InChI=1S/C24H42O.C2H6/c1-5-6-9-19-11-12-21-18(2)22(13-16-24(19,21)4)23(3)15-8-7-10-20(23)14-17-25;1-2/h17-22H,5-16H2,1-4H3;1-2H3. The van der Waals surface area contributed by atoms with Crippen molar-refractivity contribution in [1.29, 1.82) is 0 Å². The summed E-state index contributed by atoms with van der Waals surface area (Å²) in [7, 11) is 0. The van der Waals surface area contributed by atoms with E-state index in [9.17, 15) is 4.79 Å². The first-order valence-corrected chi connectivity index (χ1v) is 12.4. The third-order valence-corrected chi connectivity index (χ3v) is 9.45. The lowest BCUT2D eigenvalue weighted by molar-refractivity contribution is -0.113. The van der Waals surface area contributed by atoms with Gasteiger partial charge in [0.05, 0.1) is 0 Å². The van der Waals surface area contributed by atoms with Gasteiger partial charge in [-0.15, -0.1) is 0 Å². The lowest BCUT2D eigenvalue weighted by atomic mass is 9.49. The van der Waals surface area contributed by atoms with Crippen LogP contribution >= 0.6 is 0 Å². The first kappa shape index (κ1) is 23.0. The summed E-state index contributed by atoms with van der Waals surface area (Å²) in [5, 5.41) is 0. The number of carbonyl (C=O) groups excluding carboxylic acids is 1. The molecule has 7 atom stereocenters. The van der Waals surface area contributed by atoms with Gasteiger partial charge in [0, 0.05) is 6.42 Å². The van der Waals surface area contributed by atoms with Crippen molar-refractivity contribution in [3.05, 3.63) is 0 Å². The number of hydrogen-bond acceptors (Lipinski definition) is 1. The first-order chi connectivity index (χ1) is 13.0. The monoisotopic (exact) mass is 376 g/mol. The van der Waals surface area contributed by atoms with Crippen molar-refractivity contribution in [1.82, 2.24) is 0 Å². The van der Waals surface area contributed by atoms with Crippen molar-refractivity contribution in [2.75, 3.05) is 0 Å². The van der Waals surface area contributed by atoms with Crippen LogP contribution in [0.15, 0.2) is 0 Å². The van der Waals surface area contributed by atoms with Gasteiger partial charge < -0.3 is 4.79 Å². The number of unbranched alkanes of at least 4 members (excludes halogenated alkanes) is 1. The molecule has 0 aromatic carbocycles. The average molecular weight is 377 g/mol. The highest BCUT2D eigenvalue weighted by molar-refractivity contribution is 5.50. The third-order valence-electron chi connectivity index (χ3n) is 9.45. The molecule has 0 spiro atoms. The van der Waals surface area contributed by atoms with E-state index < -0.39 is 0 Å². The molecular formula is C26H48O. The van der Waals surface area contributed by atoms with Crippen LogP contribution in [0.2, 0.25) is 0 Å². The summed E-state index contributed by atoms with van der Waals surface area (Å²) in [5.74, 6) is 4.26. The third kappa shape index (κ3) is 4.32. The second kappa shape index (κ2) is 9.93. The van der Waals surface area contributed by atoms with Gasteiger partial charge in [-0.3, -0.25) is 0 Å². The van der Waals surface area contributed by atoms with Crippen LogP contribution in [0.5, 0.6) is 0 Å². The topological polar surface area (TPSA) is 17.1 Å². The maximum absolute atomic E-state index is 11.3. The number of aldehydes is 1. The highest BCUT2D eigenvalue weighted by Gasteiger charge is 2.56. The second-order valence-corrected chi connectivity index (χ2v) is 10.4. The van der Waals surface area contributed by atoms with Gasteiger partial charge >= 0.3 is 0 Å². The molecule has 3 fully saturated rings. The van der Waals surface area contributed by atoms with Crippen LogP contribution in [0.3, 0.4) is 0 Å². The largest absolute Gasteiger partial charge is 0.303 e. The smallest absolute Gasteiger partial charge is 0.120 e. The molecule has 3 saturated carbocycles. The van der Waals surface area contributed by atoms with Gasteiger partial charge in [0.15, 0.2) is 0 Å². The Hall–Kier alpha value is -0.330. The van der Waals surface area contributed by atoms with Crippen LogP contribution in [0.4, 0.5) is 0 Å². The van der Waals surface area contributed by atoms with E-state index in [0.717, 1.165) is 30.1 Å². The van der Waals surface area contributed by atoms with Crippen molar-refractivity contribution in [3.63, 3.8) is 0 Å². The minimum Gasteiger partial charge on any atom is -0.303 e. The van der Waals surface area contributed by atoms with E-state index >= 15 is 0 Å². The zero-order chi connectivity index (χ0) is 20.1. The molecule has 3 aliphatic carbocycles. The van der Waals surface area contributed by atoms with Crippen molar-refractivity contribution in [3.8, 4) is 0 Å². The maximum atomic E-state index is 11.3. The highest BCUT2D eigenvalue weighted by atomic mass is 16.1. The molecule has 0 radical (unpaired) electrons. The van der Waals surface area contributed by atoms with Crippen LogP contribution in [0, 0.1) is 40.4 Å². The van der Waals surface area contributed by atoms with Gasteiger partial charge in [0.2, 0.25) is 0 Å². The Kier molecular flexibility index (Phi) is 8.44. The van der Waals surface area contributed by atoms with Gasteiger partial charge in [0.25, 0.3) is 0 Å². The fourth-order valence-electron chi connectivity index (χ4n) is 7.88. The number of fused-ring (bicyclic) bond motifs is 1. The lowest BCUT2D eigenvalue weighted by Crippen LogP contribution is -2.49. The predicted molar refractivity (Wildman–Crippen MR) is 118 cm³/mol. The van der Waals surface area contributed by atoms with Crippen molar-refractivity contribution in [2.24, 2.45) is 40.4 Å². The molecule has 1 nitrogen and oxygen atoms in total. The Balaban J connectivity index is 0.00000126. The molecular weight excluding hydrogens is 328 g/mol. The molecule has 0 N–H and O–H groups in total. The first-order valence-electron chi connectivity index (χ1n) is 12.4. The second-order valence-electron chi connectivity index (χ2n) is 10.4. The molecule has 3 aliphatic rings. The summed E-state index contributed by atoms with van der Waals surface area (Å²) in [6, 6.07) is 0.